The van der Waals surface area contributed by atoms with Crippen LogP contribution in [0.4, 0.5) is 9.59 Å². The van der Waals surface area contributed by atoms with Crippen LogP contribution in [0.1, 0.15) is 96.2 Å². The van der Waals surface area contributed by atoms with Crippen LogP contribution in [-0.2, 0) is 14.3 Å². The molecule has 3 aromatic heterocycles. The van der Waals surface area contributed by atoms with Crippen LogP contribution in [-0.4, -0.2) is 71.2 Å². The van der Waals surface area contributed by atoms with Crippen LogP contribution in [0, 0.1) is 11.8 Å². The number of nitrogens with zero attached hydrogens (tertiary/aromatic N) is 5. The molecule has 0 radical (unpaired) electrons. The summed E-state index contributed by atoms with van der Waals surface area (Å²) in [6.07, 6.45) is 4.24. The van der Waals surface area contributed by atoms with Crippen LogP contribution in [0.3, 0.4) is 0 Å². The molecule has 0 spiro atoms. The molecule has 47 heavy (non-hydrogen) atoms. The summed E-state index contributed by atoms with van der Waals surface area (Å²) in [4.78, 5) is 48.8. The maximum absolute atomic E-state index is 12.9. The molecular weight excluding hydrogens is 614 g/mol. The maximum atomic E-state index is 12.9. The molecule has 0 aliphatic carbocycles. The van der Waals surface area contributed by atoms with Gasteiger partial charge in [0, 0.05) is 18.7 Å². The zero-order valence-corrected chi connectivity index (χ0v) is 28.6. The summed E-state index contributed by atoms with van der Waals surface area (Å²) in [5, 5.41) is 0. The highest BCUT2D eigenvalue weighted by Crippen LogP contribution is 2.42. The minimum atomic E-state index is -0.916. The number of thiol groups is 1. The van der Waals surface area contributed by atoms with Gasteiger partial charge in [-0.1, -0.05) is 18.1 Å². The number of aromatic amines is 2. The average molecular weight is 656 g/mol. The molecular formula is C35H41N7O4S. The zero-order chi connectivity index (χ0) is 33.6. The topological polar surface area (TPSA) is 129 Å². The first kappa shape index (κ1) is 32.4. The molecule has 2 aliphatic heterocycles. The van der Waals surface area contributed by atoms with Crippen molar-refractivity contribution in [1.29, 1.82) is 0 Å². The lowest BCUT2D eigenvalue weighted by atomic mass is 10.1. The summed E-state index contributed by atoms with van der Waals surface area (Å²) < 4.78 is 11.2. The summed E-state index contributed by atoms with van der Waals surface area (Å²) in [5.74, 6) is 7.63. The molecule has 2 unspecified atom stereocenters. The fourth-order valence-corrected chi connectivity index (χ4v) is 6.32. The monoisotopic (exact) mass is 655 g/mol. The highest BCUT2D eigenvalue weighted by molar-refractivity contribution is 7.81. The minimum Gasteiger partial charge on any atom is -0.444 e. The Hall–Kier alpha value is -4.50. The molecule has 0 saturated carbocycles. The van der Waals surface area contributed by atoms with Crippen LogP contribution >= 0.6 is 12.6 Å². The summed E-state index contributed by atoms with van der Waals surface area (Å²) in [7, 11) is 0. The van der Waals surface area contributed by atoms with Crippen molar-refractivity contribution < 1.29 is 19.1 Å². The second-order valence-electron chi connectivity index (χ2n) is 14.0. The van der Waals surface area contributed by atoms with Crippen molar-refractivity contribution in [2.24, 2.45) is 0 Å². The largest absolute Gasteiger partial charge is 0.444 e. The second kappa shape index (κ2) is 12.3. The Kier molecular flexibility index (Phi) is 8.47. The van der Waals surface area contributed by atoms with E-state index >= 15 is 0 Å². The van der Waals surface area contributed by atoms with Gasteiger partial charge in [-0.2, -0.15) is 0 Å². The fraction of sp³-hybridized carbons (Fsp3) is 0.457. The summed E-state index contributed by atoms with van der Waals surface area (Å²) in [6.45, 7) is 12.3. The first-order valence-electron chi connectivity index (χ1n) is 16.0. The predicted molar refractivity (Wildman–Crippen MR) is 182 cm³/mol. The molecule has 246 valence electrons. The number of pyridine rings is 1. The van der Waals surface area contributed by atoms with Crippen molar-refractivity contribution >= 4 is 36.0 Å². The number of hydrogen-bond donors (Lipinski definition) is 3. The van der Waals surface area contributed by atoms with Gasteiger partial charge in [-0.25, -0.2) is 24.5 Å². The van der Waals surface area contributed by atoms with Crippen molar-refractivity contribution in [3.8, 4) is 23.1 Å². The lowest BCUT2D eigenvalue weighted by Crippen LogP contribution is -2.44. The van der Waals surface area contributed by atoms with Crippen LogP contribution in [0.15, 0.2) is 42.6 Å². The number of fused-ring (bicyclic) bond motifs is 1. The van der Waals surface area contributed by atoms with Gasteiger partial charge >= 0.3 is 12.2 Å². The van der Waals surface area contributed by atoms with Gasteiger partial charge in [0.1, 0.15) is 33.4 Å². The molecule has 5 heterocycles. The van der Waals surface area contributed by atoms with Gasteiger partial charge < -0.3 is 19.4 Å². The lowest BCUT2D eigenvalue weighted by molar-refractivity contribution is 0.0182. The fourth-order valence-electron chi connectivity index (χ4n) is 5.87. The number of imidazole rings is 2. The smallest absolute Gasteiger partial charge is 0.411 e. The van der Waals surface area contributed by atoms with E-state index in [1.165, 1.54) is 0 Å². The van der Waals surface area contributed by atoms with Crippen molar-refractivity contribution in [3.05, 3.63) is 65.5 Å². The Morgan fingerprint density at radius 2 is 1.64 bits per heavy atom. The summed E-state index contributed by atoms with van der Waals surface area (Å²) >= 11 is 4.91. The summed E-state index contributed by atoms with van der Waals surface area (Å²) in [5.41, 5.74) is 3.33. The quantitative estimate of drug-likeness (QED) is 0.161. The molecule has 2 aliphatic rings. The van der Waals surface area contributed by atoms with Crippen molar-refractivity contribution in [2.45, 2.75) is 89.3 Å². The molecule has 11 nitrogen and oxygen atoms in total. The van der Waals surface area contributed by atoms with Crippen molar-refractivity contribution in [1.82, 2.24) is 34.7 Å². The first-order chi connectivity index (χ1) is 22.2. The van der Waals surface area contributed by atoms with Crippen LogP contribution in [0.25, 0.3) is 22.4 Å². The van der Waals surface area contributed by atoms with Gasteiger partial charge in [0.25, 0.3) is 0 Å². The van der Waals surface area contributed by atoms with E-state index < -0.39 is 22.2 Å². The maximum Gasteiger partial charge on any atom is 0.411 e. The molecule has 2 N–H and O–H groups in total. The van der Waals surface area contributed by atoms with Gasteiger partial charge in [0.05, 0.1) is 23.4 Å². The van der Waals surface area contributed by atoms with E-state index in [-0.39, 0.29) is 12.1 Å². The van der Waals surface area contributed by atoms with Crippen molar-refractivity contribution in [3.63, 3.8) is 0 Å². The van der Waals surface area contributed by atoms with Crippen molar-refractivity contribution in [2.75, 3.05) is 13.1 Å². The lowest BCUT2D eigenvalue weighted by Gasteiger charge is -2.33. The third kappa shape index (κ3) is 7.10. The number of rotatable bonds is 3. The highest BCUT2D eigenvalue weighted by Gasteiger charge is 2.46. The predicted octanol–water partition coefficient (Wildman–Crippen LogP) is 6.93. The Bertz CT molecular complexity index is 1860. The van der Waals surface area contributed by atoms with Gasteiger partial charge in [0.15, 0.2) is 5.65 Å². The molecule has 0 bridgehead atoms. The van der Waals surface area contributed by atoms with Crippen LogP contribution < -0.4 is 0 Å². The van der Waals surface area contributed by atoms with Crippen LogP contribution in [0.2, 0.25) is 0 Å². The van der Waals surface area contributed by atoms with Gasteiger partial charge in [0.2, 0.25) is 0 Å². The van der Waals surface area contributed by atoms with Crippen LogP contribution in [0.5, 0.6) is 0 Å². The van der Waals surface area contributed by atoms with E-state index in [4.69, 9.17) is 27.1 Å². The molecule has 2 amide bonds. The Balaban J connectivity index is 1.14. The number of likely N-dealkylation sites (tertiary alicyclic amines) is 2. The number of aromatic nitrogens is 5. The van der Waals surface area contributed by atoms with Gasteiger partial charge in [-0.05, 0) is 103 Å². The number of benzene rings is 1. The molecule has 2 saturated heterocycles. The molecule has 4 aromatic rings. The number of ether oxygens (including phenoxy) is 2. The number of nitrogens with one attached hydrogen (secondary N) is 2. The molecule has 2 atom stereocenters. The van der Waals surface area contributed by atoms with E-state index in [0.717, 1.165) is 47.4 Å². The van der Waals surface area contributed by atoms with E-state index in [2.05, 4.69) is 31.8 Å². The van der Waals surface area contributed by atoms with Gasteiger partial charge in [-0.3, -0.25) is 9.80 Å². The number of carbonyl (C=O) groups excluding carboxylic acids is 2. The molecule has 12 heteroatoms. The van der Waals surface area contributed by atoms with E-state index in [9.17, 15) is 9.59 Å². The third-order valence-corrected chi connectivity index (χ3v) is 8.69. The molecule has 6 rings (SSSR count). The van der Waals surface area contributed by atoms with E-state index in [1.54, 1.807) is 16.0 Å². The normalized spacial score (nSPS) is 19.9. The Labute approximate surface area is 280 Å². The van der Waals surface area contributed by atoms with E-state index in [1.807, 2.05) is 77.9 Å². The second-order valence-corrected chi connectivity index (χ2v) is 14.8. The summed E-state index contributed by atoms with van der Waals surface area (Å²) in [6, 6.07) is 11.5. The molecule has 1 aromatic carbocycles. The van der Waals surface area contributed by atoms with Gasteiger partial charge in [-0.15, -0.1) is 12.6 Å². The number of carbonyl (C=O) groups is 2. The SMILES string of the molecule is CC(C)(C)OC(=O)N1CCCC1c1ncc(-c2ccc(C#Cc3ccc4[nH]c(C5(S)CCCN5C(=O)OC(C)(C)C)nc4n3)cc2)[nH]1. The standard InChI is InChI=1S/C35H41N7O4S/c1-33(2,3)45-31(43)41-19-7-9-27(41)29-36-21-26(38-29)23-13-10-22(11-14-23)12-15-24-16-17-25-28(37-24)40-30(39-25)35(47)18-8-20-42(35)32(44)46-34(4,5)6/h10-11,13-14,16-17,21,27,47H,7-9,18-20H2,1-6H3,(H,36,38)(H,37,39,40). The Morgan fingerprint density at radius 3 is 2.36 bits per heavy atom. The number of amides is 2. The highest BCUT2D eigenvalue weighted by atomic mass is 32.1. The minimum absolute atomic E-state index is 0.139. The Morgan fingerprint density at radius 1 is 0.915 bits per heavy atom. The molecule has 2 fully saturated rings. The third-order valence-electron chi connectivity index (χ3n) is 8.02. The number of hydrogen-bond acceptors (Lipinski definition) is 8. The first-order valence-corrected chi connectivity index (χ1v) is 16.4. The van der Waals surface area contributed by atoms with E-state index in [0.29, 0.717) is 36.7 Å². The average Bonchev–Trinajstić information content (AvgIpc) is 3.79. The number of H-pyrrole nitrogens is 2. The zero-order valence-electron chi connectivity index (χ0n) is 27.7.